The fraction of sp³-hybridized carbons (Fsp3) is 0.0500. The number of esters is 1. The van der Waals surface area contributed by atoms with E-state index < -0.39 is 23.8 Å². The van der Waals surface area contributed by atoms with E-state index >= 15 is 0 Å². The lowest BCUT2D eigenvalue weighted by atomic mass is 10.1. The van der Waals surface area contributed by atoms with Gasteiger partial charge in [-0.15, -0.1) is 0 Å². The van der Waals surface area contributed by atoms with Gasteiger partial charge in [0.25, 0.3) is 5.91 Å². The van der Waals surface area contributed by atoms with Gasteiger partial charge in [0.15, 0.2) is 0 Å². The Morgan fingerprint density at radius 1 is 1.04 bits per heavy atom. The van der Waals surface area contributed by atoms with Crippen LogP contribution in [0.1, 0.15) is 22.2 Å². The van der Waals surface area contributed by atoms with Crippen molar-refractivity contribution in [1.82, 2.24) is 4.98 Å². The molecule has 0 aliphatic carbocycles. The normalized spacial score (nSPS) is 11.5. The maximum atomic E-state index is 13.0. The van der Waals surface area contributed by atoms with Gasteiger partial charge in [0.2, 0.25) is 6.10 Å². The zero-order chi connectivity index (χ0) is 19.2. The molecule has 27 heavy (non-hydrogen) atoms. The van der Waals surface area contributed by atoms with Gasteiger partial charge in [-0.05, 0) is 36.4 Å². The van der Waals surface area contributed by atoms with Crippen LogP contribution in [-0.4, -0.2) is 16.9 Å². The highest BCUT2D eigenvalue weighted by Gasteiger charge is 2.26. The zero-order valence-corrected chi connectivity index (χ0v) is 14.7. The molecular formula is C20H14ClFN2O3. The van der Waals surface area contributed by atoms with E-state index in [1.807, 2.05) is 0 Å². The summed E-state index contributed by atoms with van der Waals surface area (Å²) in [6, 6.07) is 16.7. The number of carbonyl (C=O) groups is 2. The van der Waals surface area contributed by atoms with Crippen molar-refractivity contribution >= 4 is 29.2 Å². The second kappa shape index (κ2) is 8.42. The van der Waals surface area contributed by atoms with Crippen LogP contribution in [0.25, 0.3) is 0 Å². The molecule has 7 heteroatoms. The molecule has 0 saturated carbocycles. The summed E-state index contributed by atoms with van der Waals surface area (Å²) in [6.45, 7) is 0. The van der Waals surface area contributed by atoms with Gasteiger partial charge in [0.1, 0.15) is 11.5 Å². The summed E-state index contributed by atoms with van der Waals surface area (Å²) in [5, 5.41) is 2.93. The van der Waals surface area contributed by atoms with E-state index in [0.717, 1.165) is 0 Å². The Labute approximate surface area is 159 Å². The van der Waals surface area contributed by atoms with Crippen LogP contribution in [0.3, 0.4) is 0 Å². The van der Waals surface area contributed by atoms with E-state index in [4.69, 9.17) is 16.3 Å². The molecule has 1 heterocycles. The van der Waals surface area contributed by atoms with Crippen molar-refractivity contribution in [1.29, 1.82) is 0 Å². The number of amides is 1. The monoisotopic (exact) mass is 384 g/mol. The predicted molar refractivity (Wildman–Crippen MR) is 98.9 cm³/mol. The first-order valence-electron chi connectivity index (χ1n) is 7.97. The quantitative estimate of drug-likeness (QED) is 0.661. The molecule has 5 nitrogen and oxygen atoms in total. The van der Waals surface area contributed by atoms with Crippen molar-refractivity contribution in [3.8, 4) is 0 Å². The molecule has 0 aliphatic heterocycles. The lowest BCUT2D eigenvalue weighted by Gasteiger charge is -2.18. The van der Waals surface area contributed by atoms with Gasteiger partial charge in [-0.1, -0.05) is 41.9 Å². The molecule has 2 aromatic carbocycles. The molecule has 0 bridgehead atoms. The first kappa shape index (κ1) is 18.5. The smallest absolute Gasteiger partial charge is 0.358 e. The van der Waals surface area contributed by atoms with Crippen LogP contribution in [0.5, 0.6) is 0 Å². The van der Waals surface area contributed by atoms with Crippen molar-refractivity contribution < 1.29 is 18.7 Å². The summed E-state index contributed by atoms with van der Waals surface area (Å²) in [5.74, 6) is -1.80. The SMILES string of the molecule is O=C(O[C@H](C(=O)Nc1ccc(F)cc1)c1ccccc1)c1cc(Cl)ccn1. The molecule has 136 valence electrons. The number of rotatable bonds is 5. The van der Waals surface area contributed by atoms with Gasteiger partial charge >= 0.3 is 5.97 Å². The average molecular weight is 385 g/mol. The molecule has 0 aliphatic rings. The van der Waals surface area contributed by atoms with E-state index in [2.05, 4.69) is 10.3 Å². The molecule has 0 spiro atoms. The fourth-order valence-electron chi connectivity index (χ4n) is 2.33. The van der Waals surface area contributed by atoms with Crippen LogP contribution in [-0.2, 0) is 9.53 Å². The molecule has 0 saturated heterocycles. The summed E-state index contributed by atoms with van der Waals surface area (Å²) >= 11 is 5.87. The van der Waals surface area contributed by atoms with E-state index in [0.29, 0.717) is 16.3 Å². The van der Waals surface area contributed by atoms with Gasteiger partial charge in [-0.25, -0.2) is 14.2 Å². The van der Waals surface area contributed by atoms with Gasteiger partial charge in [0.05, 0.1) is 0 Å². The molecule has 3 aromatic rings. The number of carbonyl (C=O) groups excluding carboxylic acids is 2. The van der Waals surface area contributed by atoms with Gasteiger partial charge in [-0.2, -0.15) is 0 Å². The number of hydrogen-bond acceptors (Lipinski definition) is 4. The third-order valence-electron chi connectivity index (χ3n) is 3.61. The summed E-state index contributed by atoms with van der Waals surface area (Å²) in [4.78, 5) is 29.0. The molecule has 1 aromatic heterocycles. The highest BCUT2D eigenvalue weighted by molar-refractivity contribution is 6.30. The van der Waals surface area contributed by atoms with Crippen molar-refractivity contribution in [2.24, 2.45) is 0 Å². The van der Waals surface area contributed by atoms with Gasteiger partial charge < -0.3 is 10.1 Å². The largest absolute Gasteiger partial charge is 0.443 e. The maximum absolute atomic E-state index is 13.0. The van der Waals surface area contributed by atoms with Crippen LogP contribution >= 0.6 is 11.6 Å². The minimum Gasteiger partial charge on any atom is -0.443 e. The lowest BCUT2D eigenvalue weighted by molar-refractivity contribution is -0.125. The van der Waals surface area contributed by atoms with Crippen molar-refractivity contribution in [3.63, 3.8) is 0 Å². The number of hydrogen-bond donors (Lipinski definition) is 1. The van der Waals surface area contributed by atoms with Gasteiger partial charge in [0, 0.05) is 22.5 Å². The summed E-state index contributed by atoms with van der Waals surface area (Å²) in [6.07, 6.45) is 0.152. The Kier molecular flexibility index (Phi) is 5.78. The third-order valence-corrected chi connectivity index (χ3v) is 3.84. The molecule has 1 N–H and O–H groups in total. The van der Waals surface area contributed by atoms with Crippen LogP contribution in [0.2, 0.25) is 5.02 Å². The van der Waals surface area contributed by atoms with E-state index in [1.54, 1.807) is 30.3 Å². The summed E-state index contributed by atoms with van der Waals surface area (Å²) < 4.78 is 18.4. The Morgan fingerprint density at radius 2 is 1.74 bits per heavy atom. The van der Waals surface area contributed by atoms with Crippen LogP contribution in [0, 0.1) is 5.82 Å². The first-order valence-corrected chi connectivity index (χ1v) is 8.34. The van der Waals surface area contributed by atoms with Crippen molar-refractivity contribution in [2.45, 2.75) is 6.10 Å². The Balaban J connectivity index is 1.83. The van der Waals surface area contributed by atoms with Crippen LogP contribution in [0.4, 0.5) is 10.1 Å². The number of anilines is 1. The Bertz CT molecular complexity index is 949. The second-order valence-electron chi connectivity index (χ2n) is 5.55. The number of pyridine rings is 1. The molecule has 1 amide bonds. The summed E-state index contributed by atoms with van der Waals surface area (Å²) in [7, 11) is 0. The van der Waals surface area contributed by atoms with E-state index in [1.165, 1.54) is 42.6 Å². The van der Waals surface area contributed by atoms with E-state index in [-0.39, 0.29) is 5.69 Å². The van der Waals surface area contributed by atoms with Gasteiger partial charge in [-0.3, -0.25) is 4.79 Å². The fourth-order valence-corrected chi connectivity index (χ4v) is 2.49. The number of aromatic nitrogens is 1. The molecule has 3 rings (SSSR count). The minimum absolute atomic E-state index is 0.0157. The number of halogens is 2. The Hall–Kier alpha value is -3.25. The molecule has 0 unspecified atom stereocenters. The minimum atomic E-state index is -1.22. The van der Waals surface area contributed by atoms with Crippen molar-refractivity contribution in [3.05, 3.63) is 95.0 Å². The summed E-state index contributed by atoms with van der Waals surface area (Å²) in [5.41, 5.74) is 0.838. The van der Waals surface area contributed by atoms with Crippen LogP contribution in [0.15, 0.2) is 72.9 Å². The topological polar surface area (TPSA) is 68.3 Å². The molecule has 0 radical (unpaired) electrons. The maximum Gasteiger partial charge on any atom is 0.358 e. The standard InChI is InChI=1S/C20H14ClFN2O3/c21-14-10-11-23-17(12-14)20(26)27-18(13-4-2-1-3-5-13)19(25)24-16-8-6-15(22)7-9-16/h1-12,18H,(H,24,25)/t18-/m0/s1. The third kappa shape index (κ3) is 4.89. The zero-order valence-electron chi connectivity index (χ0n) is 13.9. The number of nitrogens with one attached hydrogen (secondary N) is 1. The lowest BCUT2D eigenvalue weighted by Crippen LogP contribution is -2.26. The average Bonchev–Trinajstić information content (AvgIpc) is 2.68. The highest BCUT2D eigenvalue weighted by Crippen LogP contribution is 2.22. The number of ether oxygens (including phenoxy) is 1. The highest BCUT2D eigenvalue weighted by atomic mass is 35.5. The first-order chi connectivity index (χ1) is 13.0. The number of nitrogens with zero attached hydrogens (tertiary/aromatic N) is 1. The van der Waals surface area contributed by atoms with Crippen LogP contribution < -0.4 is 5.32 Å². The van der Waals surface area contributed by atoms with Crippen molar-refractivity contribution in [2.75, 3.05) is 5.32 Å². The molecule has 1 atom stereocenters. The molecular weight excluding hydrogens is 371 g/mol. The molecule has 0 fully saturated rings. The predicted octanol–water partition coefficient (Wildman–Crippen LogP) is 4.41. The number of benzene rings is 2. The second-order valence-corrected chi connectivity index (χ2v) is 5.99. The Morgan fingerprint density at radius 3 is 2.41 bits per heavy atom. The van der Waals surface area contributed by atoms with E-state index in [9.17, 15) is 14.0 Å².